The monoisotopic (exact) mass is 214 g/mol. The van der Waals surface area contributed by atoms with Gasteiger partial charge in [0.1, 0.15) is 0 Å². The Bertz CT molecular complexity index is 166. The number of nitrogens with one attached hydrogen (secondary N) is 1. The van der Waals surface area contributed by atoms with Crippen LogP contribution in [0, 0.1) is 0 Å². The van der Waals surface area contributed by atoms with E-state index in [1.165, 1.54) is 38.1 Å². The highest BCUT2D eigenvalue weighted by atomic mass is 32.2. The maximum atomic E-state index is 3.74. The average molecular weight is 214 g/mol. The second kappa shape index (κ2) is 4.86. The molecule has 0 bridgehead atoms. The summed E-state index contributed by atoms with van der Waals surface area (Å²) >= 11 is 2.11. The molecule has 82 valence electrons. The van der Waals surface area contributed by atoms with Gasteiger partial charge >= 0.3 is 0 Å². The van der Waals surface area contributed by atoms with Crippen LogP contribution in [0.4, 0.5) is 0 Å². The summed E-state index contributed by atoms with van der Waals surface area (Å²) in [7, 11) is 2.26. The van der Waals surface area contributed by atoms with Crippen LogP contribution in [0.5, 0.6) is 0 Å². The molecule has 2 fully saturated rings. The van der Waals surface area contributed by atoms with Crippen LogP contribution in [0.15, 0.2) is 0 Å². The van der Waals surface area contributed by atoms with E-state index < -0.39 is 0 Å². The molecule has 0 aliphatic carbocycles. The molecule has 2 aliphatic heterocycles. The normalized spacial score (nSPS) is 39.4. The van der Waals surface area contributed by atoms with Crippen molar-refractivity contribution < 1.29 is 0 Å². The average Bonchev–Trinajstić information content (AvgIpc) is 2.72. The Labute approximate surface area is 91.8 Å². The number of hydrogen-bond acceptors (Lipinski definition) is 3. The van der Waals surface area contributed by atoms with Gasteiger partial charge in [0, 0.05) is 23.9 Å². The third-order valence-corrected chi connectivity index (χ3v) is 4.99. The first-order valence-electron chi connectivity index (χ1n) is 5.82. The fourth-order valence-electron chi connectivity index (χ4n) is 2.52. The standard InChI is InChI=1S/C11H22N2S/c1-9-11(5-7-14-9)12-8-10-4-3-6-13(10)2/h9-12H,3-8H2,1-2H3. The highest BCUT2D eigenvalue weighted by Crippen LogP contribution is 2.26. The second-order valence-electron chi connectivity index (χ2n) is 4.66. The molecule has 1 N–H and O–H groups in total. The van der Waals surface area contributed by atoms with Crippen LogP contribution in [0.1, 0.15) is 26.2 Å². The van der Waals surface area contributed by atoms with Gasteiger partial charge in [-0.2, -0.15) is 11.8 Å². The van der Waals surface area contributed by atoms with E-state index in [4.69, 9.17) is 0 Å². The van der Waals surface area contributed by atoms with Gasteiger partial charge < -0.3 is 10.2 Å². The third-order valence-electron chi connectivity index (χ3n) is 3.66. The fourth-order valence-corrected chi connectivity index (χ4v) is 3.75. The summed E-state index contributed by atoms with van der Waals surface area (Å²) < 4.78 is 0. The van der Waals surface area contributed by atoms with Crippen LogP contribution in [-0.4, -0.2) is 48.1 Å². The van der Waals surface area contributed by atoms with Crippen molar-refractivity contribution in [1.29, 1.82) is 0 Å². The summed E-state index contributed by atoms with van der Waals surface area (Å²) in [5.74, 6) is 1.35. The van der Waals surface area contributed by atoms with Gasteiger partial charge in [0.05, 0.1) is 0 Å². The number of nitrogens with zero attached hydrogens (tertiary/aromatic N) is 1. The Morgan fingerprint density at radius 3 is 2.86 bits per heavy atom. The van der Waals surface area contributed by atoms with E-state index in [1.54, 1.807) is 0 Å². The SMILES string of the molecule is CC1SCCC1NCC1CCCN1C. The minimum atomic E-state index is 0.772. The van der Waals surface area contributed by atoms with Crippen LogP contribution >= 0.6 is 11.8 Å². The van der Waals surface area contributed by atoms with Crippen molar-refractivity contribution in [3.8, 4) is 0 Å². The van der Waals surface area contributed by atoms with Crippen molar-refractivity contribution in [1.82, 2.24) is 10.2 Å². The molecule has 0 aromatic rings. The molecule has 2 heterocycles. The molecule has 0 spiro atoms. The predicted molar refractivity (Wildman–Crippen MR) is 64.0 cm³/mol. The van der Waals surface area contributed by atoms with Crippen molar-refractivity contribution in [3.63, 3.8) is 0 Å². The lowest BCUT2D eigenvalue weighted by atomic mass is 10.1. The number of rotatable bonds is 3. The van der Waals surface area contributed by atoms with E-state index in [2.05, 4.69) is 35.9 Å². The smallest absolute Gasteiger partial charge is 0.0218 e. The summed E-state index contributed by atoms with van der Waals surface area (Å²) in [6, 6.07) is 1.57. The lowest BCUT2D eigenvalue weighted by Crippen LogP contribution is -2.42. The molecule has 3 unspecified atom stereocenters. The lowest BCUT2D eigenvalue weighted by Gasteiger charge is -2.23. The van der Waals surface area contributed by atoms with E-state index >= 15 is 0 Å². The van der Waals surface area contributed by atoms with Gasteiger partial charge in [0.2, 0.25) is 0 Å². The molecular formula is C11H22N2S. The predicted octanol–water partition coefficient (Wildman–Crippen LogP) is 1.56. The van der Waals surface area contributed by atoms with Gasteiger partial charge in [-0.15, -0.1) is 0 Å². The third kappa shape index (κ3) is 2.44. The van der Waals surface area contributed by atoms with Crippen LogP contribution in [0.2, 0.25) is 0 Å². The van der Waals surface area contributed by atoms with Gasteiger partial charge in [0.15, 0.2) is 0 Å². The van der Waals surface area contributed by atoms with Gasteiger partial charge in [0.25, 0.3) is 0 Å². The maximum absolute atomic E-state index is 3.74. The topological polar surface area (TPSA) is 15.3 Å². The molecule has 0 amide bonds. The van der Waals surface area contributed by atoms with E-state index in [1.807, 2.05) is 0 Å². The zero-order valence-electron chi connectivity index (χ0n) is 9.33. The minimum absolute atomic E-state index is 0.772. The molecule has 2 saturated heterocycles. The van der Waals surface area contributed by atoms with Crippen LogP contribution in [-0.2, 0) is 0 Å². The maximum Gasteiger partial charge on any atom is 0.0218 e. The zero-order chi connectivity index (χ0) is 9.97. The largest absolute Gasteiger partial charge is 0.311 e. The summed E-state index contributed by atoms with van der Waals surface area (Å²) in [5.41, 5.74) is 0. The number of likely N-dealkylation sites (tertiary alicyclic amines) is 1. The molecule has 2 nitrogen and oxygen atoms in total. The Morgan fingerprint density at radius 1 is 1.43 bits per heavy atom. The van der Waals surface area contributed by atoms with Gasteiger partial charge in [-0.25, -0.2) is 0 Å². The summed E-state index contributed by atoms with van der Waals surface area (Å²) in [6.45, 7) is 4.85. The zero-order valence-corrected chi connectivity index (χ0v) is 10.1. The molecule has 14 heavy (non-hydrogen) atoms. The first kappa shape index (κ1) is 10.8. The Balaban J connectivity index is 1.71. The Morgan fingerprint density at radius 2 is 2.29 bits per heavy atom. The molecule has 2 rings (SSSR count). The van der Waals surface area contributed by atoms with Crippen LogP contribution in [0.25, 0.3) is 0 Å². The van der Waals surface area contributed by atoms with E-state index in [9.17, 15) is 0 Å². The molecule has 3 heteroatoms. The van der Waals surface area contributed by atoms with Crippen LogP contribution < -0.4 is 5.32 Å². The highest BCUT2D eigenvalue weighted by Gasteiger charge is 2.26. The number of likely N-dealkylation sites (N-methyl/N-ethyl adjacent to an activating group) is 1. The fraction of sp³-hybridized carbons (Fsp3) is 1.00. The molecule has 0 radical (unpaired) electrons. The molecular weight excluding hydrogens is 192 g/mol. The summed E-state index contributed by atoms with van der Waals surface area (Å²) in [4.78, 5) is 2.50. The van der Waals surface area contributed by atoms with Gasteiger partial charge in [-0.05, 0) is 38.6 Å². The highest BCUT2D eigenvalue weighted by molar-refractivity contribution is 8.00. The Kier molecular flexibility index (Phi) is 3.74. The molecule has 0 aromatic heterocycles. The lowest BCUT2D eigenvalue weighted by molar-refractivity contribution is 0.290. The summed E-state index contributed by atoms with van der Waals surface area (Å²) in [5, 5.41) is 4.56. The first-order chi connectivity index (χ1) is 6.77. The molecule has 2 aliphatic rings. The molecule has 0 saturated carbocycles. The Hall–Kier alpha value is 0.270. The van der Waals surface area contributed by atoms with Crippen molar-refractivity contribution in [2.75, 3.05) is 25.9 Å². The minimum Gasteiger partial charge on any atom is -0.311 e. The second-order valence-corrected chi connectivity index (χ2v) is 6.14. The number of hydrogen-bond donors (Lipinski definition) is 1. The van der Waals surface area contributed by atoms with Gasteiger partial charge in [-0.3, -0.25) is 0 Å². The van der Waals surface area contributed by atoms with E-state index in [0.29, 0.717) is 0 Å². The van der Waals surface area contributed by atoms with Crippen molar-refractivity contribution in [2.45, 2.75) is 43.5 Å². The van der Waals surface area contributed by atoms with E-state index in [0.717, 1.165) is 17.3 Å². The quantitative estimate of drug-likeness (QED) is 0.767. The molecule has 3 atom stereocenters. The van der Waals surface area contributed by atoms with Crippen molar-refractivity contribution in [2.24, 2.45) is 0 Å². The number of thioether (sulfide) groups is 1. The summed E-state index contributed by atoms with van der Waals surface area (Å²) in [6.07, 6.45) is 4.14. The first-order valence-corrected chi connectivity index (χ1v) is 6.87. The van der Waals surface area contributed by atoms with Gasteiger partial charge in [-0.1, -0.05) is 6.92 Å². The molecule has 0 aromatic carbocycles. The van der Waals surface area contributed by atoms with E-state index in [-0.39, 0.29) is 0 Å². The van der Waals surface area contributed by atoms with Crippen molar-refractivity contribution >= 4 is 11.8 Å². The van der Waals surface area contributed by atoms with Crippen LogP contribution in [0.3, 0.4) is 0 Å². The van der Waals surface area contributed by atoms with Crippen molar-refractivity contribution in [3.05, 3.63) is 0 Å².